The highest BCUT2D eigenvalue weighted by Crippen LogP contribution is 2.40. The number of imidazole rings is 1. The van der Waals surface area contributed by atoms with E-state index in [4.69, 9.17) is 9.47 Å². The largest absolute Gasteiger partial charge is 0.495 e. The molecule has 34 heavy (non-hydrogen) atoms. The van der Waals surface area contributed by atoms with Gasteiger partial charge in [0.15, 0.2) is 23.2 Å². The Morgan fingerprint density at radius 1 is 1.15 bits per heavy atom. The van der Waals surface area contributed by atoms with Crippen molar-refractivity contribution in [3.05, 3.63) is 82.9 Å². The third-order valence-electron chi connectivity index (χ3n) is 6.26. The highest BCUT2D eigenvalue weighted by atomic mass is 19.2. The van der Waals surface area contributed by atoms with Gasteiger partial charge in [-0.05, 0) is 61.2 Å². The fraction of sp³-hybridized carbons (Fsp3) is 0.280. The molecule has 5 rings (SSSR count). The molecule has 1 amide bonds. The zero-order valence-electron chi connectivity index (χ0n) is 18.6. The number of morpholine rings is 1. The average molecular weight is 469 g/mol. The number of benzene rings is 2. The molecule has 1 aromatic heterocycles. The summed E-state index contributed by atoms with van der Waals surface area (Å²) in [4.78, 5) is 19.1. The van der Waals surface area contributed by atoms with Crippen molar-refractivity contribution in [1.29, 1.82) is 0 Å². The second-order valence-electron chi connectivity index (χ2n) is 8.43. The molecule has 3 heterocycles. The molecule has 176 valence electrons. The van der Waals surface area contributed by atoms with E-state index >= 15 is 0 Å². The predicted octanol–water partition coefficient (Wildman–Crippen LogP) is 4.71. The number of fused-ring (bicyclic) bond motifs is 1. The molecule has 0 radical (unpaired) electrons. The van der Waals surface area contributed by atoms with Crippen LogP contribution >= 0.6 is 0 Å². The predicted molar refractivity (Wildman–Crippen MR) is 118 cm³/mol. The number of hydrogen-bond donors (Lipinski definition) is 0. The Morgan fingerprint density at radius 2 is 1.91 bits per heavy atom. The molecule has 0 saturated carbocycles. The molecule has 0 unspecified atom stereocenters. The molecule has 0 bridgehead atoms. The van der Waals surface area contributed by atoms with Crippen molar-refractivity contribution in [2.75, 3.05) is 13.7 Å². The zero-order chi connectivity index (χ0) is 24.0. The summed E-state index contributed by atoms with van der Waals surface area (Å²) >= 11 is 0. The van der Waals surface area contributed by atoms with E-state index in [0.29, 0.717) is 24.2 Å². The van der Waals surface area contributed by atoms with Gasteiger partial charge in [0.25, 0.3) is 5.91 Å². The molecule has 3 aromatic rings. The standard InChI is InChI=1S/C25H22F3N3O3/c1-14-11-30(13-29-14)21-5-3-15(7-22(21)33-2)8-23-25(32)31-17(12-34-23)4-6-20(31)16-9-18(26)24(28)19(27)10-16/h3,5,7-11,13,17,20H,4,6,12H2,1-2H3/t17-,20+/m1/s1. The summed E-state index contributed by atoms with van der Waals surface area (Å²) in [7, 11) is 1.56. The Kier molecular flexibility index (Phi) is 5.55. The van der Waals surface area contributed by atoms with Crippen LogP contribution in [0.15, 0.2) is 48.6 Å². The fourth-order valence-electron chi connectivity index (χ4n) is 4.63. The third kappa shape index (κ3) is 3.81. The highest BCUT2D eigenvalue weighted by molar-refractivity contribution is 5.97. The maximum Gasteiger partial charge on any atom is 0.289 e. The van der Waals surface area contributed by atoms with Gasteiger partial charge in [-0.3, -0.25) is 4.79 Å². The number of nitrogens with zero attached hydrogens (tertiary/aromatic N) is 3. The summed E-state index contributed by atoms with van der Waals surface area (Å²) in [6.07, 6.45) is 6.30. The maximum absolute atomic E-state index is 13.8. The molecule has 2 atom stereocenters. The van der Waals surface area contributed by atoms with Crippen LogP contribution in [0.1, 0.15) is 35.7 Å². The molecule has 6 nitrogen and oxygen atoms in total. The Hall–Kier alpha value is -3.75. The smallest absolute Gasteiger partial charge is 0.289 e. The van der Waals surface area contributed by atoms with E-state index in [-0.39, 0.29) is 29.9 Å². The highest BCUT2D eigenvalue weighted by Gasteiger charge is 2.43. The Labute approximate surface area is 194 Å². The van der Waals surface area contributed by atoms with E-state index in [0.717, 1.165) is 23.5 Å². The van der Waals surface area contributed by atoms with Crippen molar-refractivity contribution in [1.82, 2.24) is 14.5 Å². The topological polar surface area (TPSA) is 56.6 Å². The van der Waals surface area contributed by atoms with Gasteiger partial charge in [0.2, 0.25) is 0 Å². The molecule has 2 aromatic carbocycles. The summed E-state index contributed by atoms with van der Waals surface area (Å²) in [6, 6.07) is 6.60. The number of aromatic nitrogens is 2. The van der Waals surface area contributed by atoms with E-state index in [1.54, 1.807) is 30.5 Å². The summed E-state index contributed by atoms with van der Waals surface area (Å²) < 4.78 is 54.2. The Balaban J connectivity index is 1.44. The number of aryl methyl sites for hydroxylation is 1. The number of halogens is 3. The normalized spacial score (nSPS) is 21.0. The minimum atomic E-state index is -1.52. The molecule has 0 aliphatic carbocycles. The molecule has 2 fully saturated rings. The van der Waals surface area contributed by atoms with Gasteiger partial charge in [0.05, 0.1) is 36.9 Å². The zero-order valence-corrected chi connectivity index (χ0v) is 18.6. The Bertz CT molecular complexity index is 1280. The molecule has 2 aliphatic rings. The van der Waals surface area contributed by atoms with Crippen LogP contribution in [0.4, 0.5) is 13.2 Å². The van der Waals surface area contributed by atoms with Crippen molar-refractivity contribution in [2.45, 2.75) is 31.8 Å². The lowest BCUT2D eigenvalue weighted by molar-refractivity contribution is -0.140. The van der Waals surface area contributed by atoms with Crippen LogP contribution < -0.4 is 4.74 Å². The van der Waals surface area contributed by atoms with Crippen LogP contribution in [0.3, 0.4) is 0 Å². The van der Waals surface area contributed by atoms with Gasteiger partial charge >= 0.3 is 0 Å². The third-order valence-corrected chi connectivity index (χ3v) is 6.26. The number of methoxy groups -OCH3 is 1. The SMILES string of the molecule is COc1cc(C=C2OC[C@H]3CC[C@@H](c4cc(F)c(F)c(F)c4)N3C2=O)ccc1-n1cnc(C)c1. The average Bonchev–Trinajstić information content (AvgIpc) is 3.45. The van der Waals surface area contributed by atoms with Gasteiger partial charge in [-0.25, -0.2) is 18.2 Å². The van der Waals surface area contributed by atoms with Crippen LogP contribution in [-0.4, -0.2) is 40.1 Å². The quantitative estimate of drug-likeness (QED) is 0.410. The fourth-order valence-corrected chi connectivity index (χ4v) is 4.63. The molecule has 2 saturated heterocycles. The van der Waals surface area contributed by atoms with Crippen LogP contribution in [0.25, 0.3) is 11.8 Å². The van der Waals surface area contributed by atoms with Gasteiger partial charge in [-0.2, -0.15) is 0 Å². The number of amides is 1. The summed E-state index contributed by atoms with van der Waals surface area (Å²) in [6.45, 7) is 2.16. The number of carbonyl (C=O) groups is 1. The molecular formula is C25H22F3N3O3. The van der Waals surface area contributed by atoms with Crippen molar-refractivity contribution >= 4 is 12.0 Å². The van der Waals surface area contributed by atoms with Crippen molar-refractivity contribution in [3.8, 4) is 11.4 Å². The summed E-state index contributed by atoms with van der Waals surface area (Å²) in [5.41, 5.74) is 2.58. The molecule has 0 N–H and O–H groups in total. The van der Waals surface area contributed by atoms with Crippen molar-refractivity contribution in [3.63, 3.8) is 0 Å². The number of ether oxygens (including phenoxy) is 2. The van der Waals surface area contributed by atoms with Gasteiger partial charge in [-0.15, -0.1) is 0 Å². The van der Waals surface area contributed by atoms with E-state index < -0.39 is 23.5 Å². The first-order chi connectivity index (χ1) is 16.4. The lowest BCUT2D eigenvalue weighted by Crippen LogP contribution is -2.45. The van der Waals surface area contributed by atoms with E-state index in [9.17, 15) is 18.0 Å². The van der Waals surface area contributed by atoms with Gasteiger partial charge in [-0.1, -0.05) is 6.07 Å². The lowest BCUT2D eigenvalue weighted by atomic mass is 10.0. The summed E-state index contributed by atoms with van der Waals surface area (Å²) in [5, 5.41) is 0. The van der Waals surface area contributed by atoms with Crippen LogP contribution in [0.2, 0.25) is 0 Å². The number of hydrogen-bond acceptors (Lipinski definition) is 4. The first-order valence-electron chi connectivity index (χ1n) is 10.9. The van der Waals surface area contributed by atoms with Gasteiger partial charge in [0, 0.05) is 6.20 Å². The maximum atomic E-state index is 13.8. The molecule has 2 aliphatic heterocycles. The second-order valence-corrected chi connectivity index (χ2v) is 8.43. The van der Waals surface area contributed by atoms with Crippen LogP contribution in [-0.2, 0) is 9.53 Å². The first-order valence-corrected chi connectivity index (χ1v) is 10.9. The van der Waals surface area contributed by atoms with Crippen molar-refractivity contribution in [2.24, 2.45) is 0 Å². The number of carbonyl (C=O) groups excluding carboxylic acids is 1. The summed E-state index contributed by atoms with van der Waals surface area (Å²) in [5.74, 6) is -3.72. The number of rotatable bonds is 4. The van der Waals surface area contributed by atoms with Gasteiger partial charge in [0.1, 0.15) is 12.4 Å². The van der Waals surface area contributed by atoms with Crippen LogP contribution in [0, 0.1) is 24.4 Å². The lowest BCUT2D eigenvalue weighted by Gasteiger charge is -2.35. The molecule has 0 spiro atoms. The monoisotopic (exact) mass is 469 g/mol. The van der Waals surface area contributed by atoms with E-state index in [1.807, 2.05) is 29.8 Å². The van der Waals surface area contributed by atoms with E-state index in [1.165, 1.54) is 0 Å². The van der Waals surface area contributed by atoms with Crippen LogP contribution in [0.5, 0.6) is 5.75 Å². The first kappa shape index (κ1) is 22.1. The Morgan fingerprint density at radius 3 is 2.59 bits per heavy atom. The minimum Gasteiger partial charge on any atom is -0.495 e. The second kappa shape index (κ2) is 8.55. The van der Waals surface area contributed by atoms with E-state index in [2.05, 4.69) is 4.98 Å². The van der Waals surface area contributed by atoms with Gasteiger partial charge < -0.3 is 18.9 Å². The van der Waals surface area contributed by atoms with Crippen molar-refractivity contribution < 1.29 is 27.4 Å². The minimum absolute atomic E-state index is 0.125. The molecular weight excluding hydrogens is 447 g/mol. The molecule has 9 heteroatoms.